The van der Waals surface area contributed by atoms with E-state index in [1.165, 1.54) is 29.5 Å². The minimum atomic E-state index is -0.569. The van der Waals surface area contributed by atoms with Gasteiger partial charge in [0, 0.05) is 25.2 Å². The highest BCUT2D eigenvalue weighted by atomic mass is 32.2. The van der Waals surface area contributed by atoms with Crippen LogP contribution in [0.1, 0.15) is 28.1 Å². The van der Waals surface area contributed by atoms with Crippen molar-refractivity contribution in [3.05, 3.63) is 62.9 Å². The average molecular weight is 474 g/mol. The fourth-order valence-corrected chi connectivity index (χ4v) is 5.19. The summed E-state index contributed by atoms with van der Waals surface area (Å²) in [7, 11) is 0. The van der Waals surface area contributed by atoms with Crippen LogP contribution in [0.3, 0.4) is 0 Å². The molecule has 10 heteroatoms. The quantitative estimate of drug-likeness (QED) is 0.651. The number of thiophene rings is 1. The number of hydrogen-bond acceptors (Lipinski definition) is 6. The first-order chi connectivity index (χ1) is 15.5. The highest BCUT2D eigenvalue weighted by Crippen LogP contribution is 2.32. The highest BCUT2D eigenvalue weighted by molar-refractivity contribution is 8.18. The van der Waals surface area contributed by atoms with E-state index in [9.17, 15) is 23.6 Å². The van der Waals surface area contributed by atoms with E-state index in [1.807, 2.05) is 5.38 Å². The molecule has 0 bridgehead atoms. The Labute approximate surface area is 192 Å². The number of hydrogen-bond donors (Lipinski definition) is 1. The number of thioether (sulfide) groups is 1. The SMILES string of the molecule is O=C(NCCN1C(=O)SC(=Cc2ccccc2F)C1=O)C1CCCN1C(=O)c1cccs1. The number of amides is 4. The Morgan fingerprint density at radius 2 is 2.00 bits per heavy atom. The van der Waals surface area contributed by atoms with Gasteiger partial charge in [-0.25, -0.2) is 4.39 Å². The Bertz CT molecular complexity index is 1090. The molecule has 32 heavy (non-hydrogen) atoms. The number of nitrogens with zero attached hydrogens (tertiary/aromatic N) is 2. The third-order valence-electron chi connectivity index (χ3n) is 5.25. The molecule has 1 unspecified atom stereocenters. The van der Waals surface area contributed by atoms with Crippen LogP contribution in [0, 0.1) is 5.82 Å². The fourth-order valence-electron chi connectivity index (χ4n) is 3.66. The molecule has 1 aromatic heterocycles. The topological polar surface area (TPSA) is 86.8 Å². The molecule has 3 heterocycles. The minimum Gasteiger partial charge on any atom is -0.353 e. The smallest absolute Gasteiger partial charge is 0.293 e. The van der Waals surface area contributed by atoms with Crippen LogP contribution >= 0.6 is 23.1 Å². The van der Waals surface area contributed by atoms with Gasteiger partial charge in [-0.1, -0.05) is 24.3 Å². The molecule has 4 amide bonds. The summed E-state index contributed by atoms with van der Waals surface area (Å²) in [6, 6.07) is 8.94. The zero-order chi connectivity index (χ0) is 22.7. The molecule has 7 nitrogen and oxygen atoms in total. The first-order valence-corrected chi connectivity index (χ1v) is 11.8. The van der Waals surface area contributed by atoms with Gasteiger partial charge in [-0.15, -0.1) is 11.3 Å². The number of rotatable bonds is 6. The summed E-state index contributed by atoms with van der Waals surface area (Å²) in [5, 5.41) is 4.08. The summed E-state index contributed by atoms with van der Waals surface area (Å²) in [6.07, 6.45) is 2.65. The van der Waals surface area contributed by atoms with Gasteiger partial charge >= 0.3 is 0 Å². The van der Waals surface area contributed by atoms with E-state index in [2.05, 4.69) is 5.32 Å². The second kappa shape index (κ2) is 9.66. The number of likely N-dealkylation sites (tertiary alicyclic amines) is 1. The first kappa shape index (κ1) is 22.2. The summed E-state index contributed by atoms with van der Waals surface area (Å²) in [5.41, 5.74) is 0.225. The molecule has 2 saturated heterocycles. The molecular weight excluding hydrogens is 453 g/mol. The first-order valence-electron chi connectivity index (χ1n) is 10.1. The average Bonchev–Trinajstić information content (AvgIpc) is 3.53. The number of benzene rings is 1. The van der Waals surface area contributed by atoms with Crippen LogP contribution in [-0.2, 0) is 9.59 Å². The van der Waals surface area contributed by atoms with Crippen molar-refractivity contribution in [3.8, 4) is 0 Å². The Morgan fingerprint density at radius 1 is 1.19 bits per heavy atom. The van der Waals surface area contributed by atoms with Crippen molar-refractivity contribution in [1.29, 1.82) is 0 Å². The number of carbonyl (C=O) groups excluding carboxylic acids is 4. The van der Waals surface area contributed by atoms with Crippen molar-refractivity contribution in [2.75, 3.05) is 19.6 Å². The second-order valence-corrected chi connectivity index (χ2v) is 9.22. The number of carbonyl (C=O) groups is 4. The van der Waals surface area contributed by atoms with Crippen molar-refractivity contribution >= 4 is 52.1 Å². The van der Waals surface area contributed by atoms with Crippen molar-refractivity contribution in [2.45, 2.75) is 18.9 Å². The summed E-state index contributed by atoms with van der Waals surface area (Å²) in [6.45, 7) is 0.580. The van der Waals surface area contributed by atoms with E-state index < -0.39 is 23.0 Å². The third-order valence-corrected chi connectivity index (χ3v) is 7.01. The van der Waals surface area contributed by atoms with Gasteiger partial charge in [0.15, 0.2) is 0 Å². The van der Waals surface area contributed by atoms with Crippen molar-refractivity contribution < 1.29 is 23.6 Å². The molecule has 0 radical (unpaired) electrons. The molecule has 0 aliphatic carbocycles. The second-order valence-electron chi connectivity index (χ2n) is 7.28. The third kappa shape index (κ3) is 4.61. The van der Waals surface area contributed by atoms with Crippen molar-refractivity contribution in [3.63, 3.8) is 0 Å². The Morgan fingerprint density at radius 3 is 2.75 bits per heavy atom. The van der Waals surface area contributed by atoms with Crippen LogP contribution in [0.4, 0.5) is 9.18 Å². The van der Waals surface area contributed by atoms with Gasteiger partial charge in [-0.2, -0.15) is 0 Å². The molecule has 0 spiro atoms. The monoisotopic (exact) mass is 473 g/mol. The maximum atomic E-state index is 13.8. The number of nitrogens with one attached hydrogen (secondary N) is 1. The lowest BCUT2D eigenvalue weighted by molar-refractivity contribution is -0.126. The van der Waals surface area contributed by atoms with Crippen LogP contribution in [0.2, 0.25) is 0 Å². The summed E-state index contributed by atoms with van der Waals surface area (Å²) in [5.74, 6) is -1.47. The highest BCUT2D eigenvalue weighted by Gasteiger charge is 2.37. The van der Waals surface area contributed by atoms with E-state index in [-0.39, 0.29) is 35.4 Å². The molecule has 1 atom stereocenters. The van der Waals surface area contributed by atoms with Crippen LogP contribution in [0.5, 0.6) is 0 Å². The number of imide groups is 1. The molecular formula is C22H20FN3O4S2. The zero-order valence-corrected chi connectivity index (χ0v) is 18.6. The van der Waals surface area contributed by atoms with Crippen molar-refractivity contribution in [2.24, 2.45) is 0 Å². The molecule has 2 aromatic rings. The predicted molar refractivity (Wildman–Crippen MR) is 120 cm³/mol. The van der Waals surface area contributed by atoms with Gasteiger partial charge in [0.1, 0.15) is 11.9 Å². The van der Waals surface area contributed by atoms with Gasteiger partial charge in [-0.05, 0) is 48.2 Å². The van der Waals surface area contributed by atoms with E-state index in [0.717, 1.165) is 23.1 Å². The van der Waals surface area contributed by atoms with Crippen LogP contribution in [0.15, 0.2) is 46.7 Å². The predicted octanol–water partition coefficient (Wildman–Crippen LogP) is 3.34. The molecule has 4 rings (SSSR count). The Kier molecular flexibility index (Phi) is 6.71. The molecule has 166 valence electrons. The zero-order valence-electron chi connectivity index (χ0n) is 17.0. The lowest BCUT2D eigenvalue weighted by Crippen LogP contribution is -2.47. The Balaban J connectivity index is 1.33. The molecule has 0 saturated carbocycles. The molecule has 1 aromatic carbocycles. The maximum Gasteiger partial charge on any atom is 0.293 e. The van der Waals surface area contributed by atoms with E-state index >= 15 is 0 Å². The van der Waals surface area contributed by atoms with Crippen LogP contribution in [0.25, 0.3) is 6.08 Å². The summed E-state index contributed by atoms with van der Waals surface area (Å²) >= 11 is 2.07. The largest absolute Gasteiger partial charge is 0.353 e. The standard InChI is InChI=1S/C22H20FN3O4S2/c23-15-6-2-1-5-14(15)13-18-21(29)26(22(30)32-18)11-9-24-19(27)16-7-3-10-25(16)20(28)17-8-4-12-31-17/h1-2,4-6,8,12-13,16H,3,7,9-11H2,(H,24,27). The summed E-state index contributed by atoms with van der Waals surface area (Å²) < 4.78 is 13.8. The lowest BCUT2D eigenvalue weighted by atomic mass is 10.2. The van der Waals surface area contributed by atoms with Gasteiger partial charge < -0.3 is 10.2 Å². The molecule has 2 aliphatic rings. The number of halogens is 1. The Hall–Kier alpha value is -2.98. The van der Waals surface area contributed by atoms with E-state index in [1.54, 1.807) is 29.2 Å². The maximum absolute atomic E-state index is 13.8. The van der Waals surface area contributed by atoms with Crippen LogP contribution in [-0.4, -0.2) is 58.4 Å². The fraction of sp³-hybridized carbons (Fsp3) is 0.273. The molecule has 2 aliphatic heterocycles. The van der Waals surface area contributed by atoms with Gasteiger partial charge in [0.05, 0.1) is 9.78 Å². The molecule has 1 N–H and O–H groups in total. The van der Waals surface area contributed by atoms with Gasteiger partial charge in [0.2, 0.25) is 5.91 Å². The van der Waals surface area contributed by atoms with Crippen molar-refractivity contribution in [1.82, 2.24) is 15.1 Å². The normalized spacial score (nSPS) is 19.8. The van der Waals surface area contributed by atoms with Gasteiger partial charge in [-0.3, -0.25) is 24.1 Å². The van der Waals surface area contributed by atoms with Crippen LogP contribution < -0.4 is 5.32 Å². The summed E-state index contributed by atoms with van der Waals surface area (Å²) in [4.78, 5) is 53.4. The minimum absolute atomic E-state index is 0.00336. The lowest BCUT2D eigenvalue weighted by Gasteiger charge is -2.23. The van der Waals surface area contributed by atoms with E-state index in [0.29, 0.717) is 17.8 Å². The molecule has 2 fully saturated rings. The van der Waals surface area contributed by atoms with Gasteiger partial charge in [0.25, 0.3) is 17.1 Å². The van der Waals surface area contributed by atoms with E-state index in [4.69, 9.17) is 0 Å².